The van der Waals surface area contributed by atoms with Crippen molar-refractivity contribution in [2.75, 3.05) is 22.4 Å². The fourth-order valence-corrected chi connectivity index (χ4v) is 3.67. The maximum Gasteiger partial charge on any atom is 0.271 e. The van der Waals surface area contributed by atoms with E-state index in [1.54, 1.807) is 24.3 Å². The topological polar surface area (TPSA) is 110 Å². The molecule has 0 spiro atoms. The van der Waals surface area contributed by atoms with Crippen LogP contribution in [0.25, 0.3) is 0 Å². The number of nitrogens with zero attached hydrogens (tertiary/aromatic N) is 2. The van der Waals surface area contributed by atoms with Gasteiger partial charge in [-0.2, -0.15) is 0 Å². The Hall–Kier alpha value is -2.36. The minimum absolute atomic E-state index is 0.00136. The number of carbonyl (C=O) groups is 1. The molecule has 0 aliphatic rings. The summed E-state index contributed by atoms with van der Waals surface area (Å²) in [6.45, 7) is 0.0799. The first-order valence-electron chi connectivity index (χ1n) is 8.05. The van der Waals surface area contributed by atoms with Crippen molar-refractivity contribution in [2.45, 2.75) is 12.8 Å². The number of hydrogen-bond acceptors (Lipinski definition) is 5. The number of rotatable bonds is 8. The highest BCUT2D eigenvalue weighted by Crippen LogP contribution is 2.27. The molecule has 0 aromatic heterocycles. The van der Waals surface area contributed by atoms with Crippen molar-refractivity contribution < 1.29 is 18.1 Å². The SMILES string of the molecule is CS(=O)(=O)N(CCCC(=O)Nc1cc([N+](=O)[O-])ccc1Cl)c1ccc(Cl)cc1. The zero-order valence-corrected chi connectivity index (χ0v) is 17.1. The number of nitro groups is 1. The fraction of sp³-hybridized carbons (Fsp3) is 0.235. The number of anilines is 2. The second kappa shape index (κ2) is 9.22. The van der Waals surface area contributed by atoms with E-state index < -0.39 is 20.9 Å². The van der Waals surface area contributed by atoms with Crippen molar-refractivity contribution in [1.29, 1.82) is 0 Å². The second-order valence-corrected chi connectivity index (χ2v) is 8.63. The molecule has 0 aliphatic carbocycles. The first kappa shape index (κ1) is 21.9. The number of sulfonamides is 1. The van der Waals surface area contributed by atoms with Crippen LogP contribution in [-0.4, -0.2) is 32.0 Å². The normalized spacial score (nSPS) is 11.1. The van der Waals surface area contributed by atoms with Gasteiger partial charge in [0.05, 0.1) is 27.6 Å². The maximum absolute atomic E-state index is 12.1. The molecule has 2 aromatic carbocycles. The van der Waals surface area contributed by atoms with E-state index in [9.17, 15) is 23.3 Å². The van der Waals surface area contributed by atoms with Gasteiger partial charge in [0.2, 0.25) is 15.9 Å². The molecule has 0 heterocycles. The monoisotopic (exact) mass is 445 g/mol. The Balaban J connectivity index is 2.01. The highest BCUT2D eigenvalue weighted by atomic mass is 35.5. The summed E-state index contributed by atoms with van der Waals surface area (Å²) in [7, 11) is -3.55. The van der Waals surface area contributed by atoms with Gasteiger partial charge in [0.1, 0.15) is 0 Å². The molecule has 11 heteroatoms. The van der Waals surface area contributed by atoms with Crippen molar-refractivity contribution >= 4 is 56.2 Å². The van der Waals surface area contributed by atoms with Crippen LogP contribution >= 0.6 is 23.2 Å². The lowest BCUT2D eigenvalue weighted by atomic mass is 10.2. The molecule has 0 unspecified atom stereocenters. The summed E-state index contributed by atoms with van der Waals surface area (Å²) in [5.41, 5.74) is 0.360. The molecule has 0 aliphatic heterocycles. The van der Waals surface area contributed by atoms with Gasteiger partial charge >= 0.3 is 0 Å². The van der Waals surface area contributed by atoms with Crippen molar-refractivity contribution in [3.8, 4) is 0 Å². The van der Waals surface area contributed by atoms with E-state index in [4.69, 9.17) is 23.2 Å². The lowest BCUT2D eigenvalue weighted by molar-refractivity contribution is -0.384. The van der Waals surface area contributed by atoms with E-state index in [1.807, 2.05) is 0 Å². The number of benzene rings is 2. The second-order valence-electron chi connectivity index (χ2n) is 5.88. The van der Waals surface area contributed by atoms with Crippen LogP contribution in [0.3, 0.4) is 0 Å². The molecule has 0 fully saturated rings. The Morgan fingerprint density at radius 1 is 1.18 bits per heavy atom. The van der Waals surface area contributed by atoms with Crippen LogP contribution < -0.4 is 9.62 Å². The Bertz CT molecular complexity index is 981. The molecule has 0 radical (unpaired) electrons. The highest BCUT2D eigenvalue weighted by molar-refractivity contribution is 7.92. The number of nitrogens with one attached hydrogen (secondary N) is 1. The molecule has 2 rings (SSSR count). The Morgan fingerprint density at radius 2 is 1.82 bits per heavy atom. The highest BCUT2D eigenvalue weighted by Gasteiger charge is 2.18. The number of hydrogen-bond donors (Lipinski definition) is 1. The van der Waals surface area contributed by atoms with E-state index in [2.05, 4.69) is 5.32 Å². The van der Waals surface area contributed by atoms with E-state index in [0.717, 1.165) is 12.3 Å². The van der Waals surface area contributed by atoms with Crippen LogP contribution in [0.5, 0.6) is 0 Å². The van der Waals surface area contributed by atoms with Crippen molar-refractivity contribution in [2.24, 2.45) is 0 Å². The van der Waals surface area contributed by atoms with Crippen LogP contribution in [0.4, 0.5) is 17.1 Å². The Morgan fingerprint density at radius 3 is 2.39 bits per heavy atom. The number of halogens is 2. The minimum atomic E-state index is -3.55. The summed E-state index contributed by atoms with van der Waals surface area (Å²) in [6.07, 6.45) is 1.30. The zero-order chi connectivity index (χ0) is 20.9. The third kappa shape index (κ3) is 6.08. The number of amides is 1. The van der Waals surface area contributed by atoms with E-state index in [-0.39, 0.29) is 35.8 Å². The van der Waals surface area contributed by atoms with Crippen LogP contribution in [0.15, 0.2) is 42.5 Å². The number of carbonyl (C=O) groups excluding carboxylic acids is 1. The summed E-state index contributed by atoms with van der Waals surface area (Å²) >= 11 is 11.8. The van der Waals surface area contributed by atoms with Gasteiger partial charge in [-0.1, -0.05) is 23.2 Å². The molecular weight excluding hydrogens is 429 g/mol. The lowest BCUT2D eigenvalue weighted by Gasteiger charge is -2.22. The fourth-order valence-electron chi connectivity index (χ4n) is 2.41. The number of non-ortho nitro benzene ring substituents is 1. The molecule has 1 amide bonds. The van der Waals surface area contributed by atoms with Gasteiger partial charge in [0, 0.05) is 30.1 Å². The smallest absolute Gasteiger partial charge is 0.271 e. The van der Waals surface area contributed by atoms with Gasteiger partial charge in [-0.05, 0) is 36.8 Å². The predicted octanol–water partition coefficient (Wildman–Crippen LogP) is 4.09. The molecule has 0 saturated heterocycles. The largest absolute Gasteiger partial charge is 0.325 e. The van der Waals surface area contributed by atoms with Gasteiger partial charge < -0.3 is 5.32 Å². The average Bonchev–Trinajstić information content (AvgIpc) is 2.60. The minimum Gasteiger partial charge on any atom is -0.325 e. The molecule has 0 atom stereocenters. The van der Waals surface area contributed by atoms with E-state index in [0.29, 0.717) is 10.7 Å². The van der Waals surface area contributed by atoms with Crippen molar-refractivity contribution in [3.63, 3.8) is 0 Å². The van der Waals surface area contributed by atoms with Crippen LogP contribution in [0, 0.1) is 10.1 Å². The molecule has 0 saturated carbocycles. The van der Waals surface area contributed by atoms with Gasteiger partial charge in [0.25, 0.3) is 5.69 Å². The van der Waals surface area contributed by atoms with Crippen molar-refractivity contribution in [1.82, 2.24) is 0 Å². The summed E-state index contributed by atoms with van der Waals surface area (Å²) < 4.78 is 25.3. The first-order valence-corrected chi connectivity index (χ1v) is 10.7. The summed E-state index contributed by atoms with van der Waals surface area (Å²) in [5, 5.41) is 14.0. The molecule has 1 N–H and O–H groups in total. The standard InChI is InChI=1S/C17H17Cl2N3O5S/c1-28(26,27)21(13-6-4-12(18)5-7-13)10-2-3-17(23)20-16-11-14(22(24)25)8-9-15(16)19/h4-9,11H,2-3,10H2,1H3,(H,20,23). The Kier molecular flexibility index (Phi) is 7.22. The van der Waals surface area contributed by atoms with Gasteiger partial charge in [-0.3, -0.25) is 19.2 Å². The first-order chi connectivity index (χ1) is 13.1. The van der Waals surface area contributed by atoms with Crippen LogP contribution in [0.1, 0.15) is 12.8 Å². The zero-order valence-electron chi connectivity index (χ0n) is 14.8. The van der Waals surface area contributed by atoms with Crippen molar-refractivity contribution in [3.05, 3.63) is 62.6 Å². The lowest BCUT2D eigenvalue weighted by Crippen LogP contribution is -2.31. The third-order valence-electron chi connectivity index (χ3n) is 3.71. The van der Waals surface area contributed by atoms with Gasteiger partial charge in [-0.25, -0.2) is 8.42 Å². The van der Waals surface area contributed by atoms with Crippen LogP contribution in [-0.2, 0) is 14.8 Å². The van der Waals surface area contributed by atoms with Gasteiger partial charge in [-0.15, -0.1) is 0 Å². The number of nitro benzene ring substituents is 1. The van der Waals surface area contributed by atoms with Gasteiger partial charge in [0.15, 0.2) is 0 Å². The molecule has 2 aromatic rings. The molecule has 0 bridgehead atoms. The maximum atomic E-state index is 12.1. The molecule has 150 valence electrons. The van der Waals surface area contributed by atoms with E-state index >= 15 is 0 Å². The van der Waals surface area contributed by atoms with Crippen LogP contribution in [0.2, 0.25) is 10.0 Å². The molecule has 28 heavy (non-hydrogen) atoms. The quantitative estimate of drug-likeness (QED) is 0.485. The molecule has 8 nitrogen and oxygen atoms in total. The summed E-state index contributed by atoms with van der Waals surface area (Å²) in [4.78, 5) is 22.4. The summed E-state index contributed by atoms with van der Waals surface area (Å²) in [5.74, 6) is -0.438. The van der Waals surface area contributed by atoms with E-state index in [1.165, 1.54) is 16.4 Å². The summed E-state index contributed by atoms with van der Waals surface area (Å²) in [6, 6.07) is 10.0. The third-order valence-corrected chi connectivity index (χ3v) is 5.49. The molecular formula is C17H17Cl2N3O5S. The predicted molar refractivity (Wildman–Crippen MR) is 110 cm³/mol. The average molecular weight is 446 g/mol. The Labute approximate surface area is 172 Å².